The first-order chi connectivity index (χ1) is 11.4. The zero-order valence-electron chi connectivity index (χ0n) is 13.8. The SMILES string of the molecule is CCn1c(SCCN2C(=O)NC(C)(C)C2=O)nnc1-c1ccco1. The molecule has 0 atom stereocenters. The van der Waals surface area contributed by atoms with Crippen LogP contribution in [0.15, 0.2) is 28.0 Å². The van der Waals surface area contributed by atoms with Gasteiger partial charge in [0.25, 0.3) is 5.91 Å². The van der Waals surface area contributed by atoms with E-state index < -0.39 is 5.54 Å². The molecule has 0 aromatic carbocycles. The Labute approximate surface area is 143 Å². The molecular weight excluding hydrogens is 330 g/mol. The number of urea groups is 1. The third-order valence-corrected chi connectivity index (χ3v) is 4.71. The Kier molecular flexibility index (Phi) is 4.35. The van der Waals surface area contributed by atoms with Crippen molar-refractivity contribution >= 4 is 23.7 Å². The molecule has 0 saturated carbocycles. The molecular formula is C15H19N5O3S. The molecule has 2 aromatic rings. The molecule has 9 heteroatoms. The highest BCUT2D eigenvalue weighted by atomic mass is 32.2. The van der Waals surface area contributed by atoms with Crippen LogP contribution in [0.1, 0.15) is 20.8 Å². The highest BCUT2D eigenvalue weighted by Gasteiger charge is 2.43. The Balaban J connectivity index is 1.66. The van der Waals surface area contributed by atoms with Gasteiger partial charge in [-0.3, -0.25) is 14.3 Å². The van der Waals surface area contributed by atoms with Gasteiger partial charge in [-0.05, 0) is 32.9 Å². The summed E-state index contributed by atoms with van der Waals surface area (Å²) in [6.07, 6.45) is 1.59. The third-order valence-electron chi connectivity index (χ3n) is 3.77. The van der Waals surface area contributed by atoms with E-state index in [-0.39, 0.29) is 11.9 Å². The van der Waals surface area contributed by atoms with Crippen LogP contribution in [0, 0.1) is 0 Å². The number of carbonyl (C=O) groups excluding carboxylic acids is 2. The smallest absolute Gasteiger partial charge is 0.325 e. The molecule has 1 aliphatic rings. The van der Waals surface area contributed by atoms with Crippen molar-refractivity contribution in [3.05, 3.63) is 18.4 Å². The molecule has 3 amide bonds. The summed E-state index contributed by atoms with van der Waals surface area (Å²) in [7, 11) is 0. The summed E-state index contributed by atoms with van der Waals surface area (Å²) in [6.45, 7) is 6.42. The van der Waals surface area contributed by atoms with Crippen molar-refractivity contribution in [1.82, 2.24) is 25.0 Å². The van der Waals surface area contributed by atoms with E-state index in [1.165, 1.54) is 16.7 Å². The highest BCUT2D eigenvalue weighted by Crippen LogP contribution is 2.25. The second-order valence-corrected chi connectivity index (χ2v) is 6.95. The van der Waals surface area contributed by atoms with E-state index in [1.807, 2.05) is 17.6 Å². The van der Waals surface area contributed by atoms with Gasteiger partial charge in [0.15, 0.2) is 16.7 Å². The van der Waals surface area contributed by atoms with Gasteiger partial charge in [0.1, 0.15) is 5.54 Å². The number of hydrogen-bond donors (Lipinski definition) is 1. The van der Waals surface area contributed by atoms with Crippen molar-refractivity contribution in [3.63, 3.8) is 0 Å². The first kappa shape index (κ1) is 16.6. The van der Waals surface area contributed by atoms with Crippen molar-refractivity contribution in [1.29, 1.82) is 0 Å². The minimum atomic E-state index is -0.836. The average Bonchev–Trinajstić information content (AvgIpc) is 3.22. The first-order valence-electron chi connectivity index (χ1n) is 7.68. The highest BCUT2D eigenvalue weighted by molar-refractivity contribution is 7.99. The molecule has 1 saturated heterocycles. The molecule has 1 N–H and O–H groups in total. The lowest BCUT2D eigenvalue weighted by molar-refractivity contribution is -0.130. The monoisotopic (exact) mass is 349 g/mol. The maximum atomic E-state index is 12.2. The minimum absolute atomic E-state index is 0.207. The lowest BCUT2D eigenvalue weighted by Crippen LogP contribution is -2.40. The van der Waals surface area contributed by atoms with Gasteiger partial charge in [0.05, 0.1) is 6.26 Å². The number of nitrogens with one attached hydrogen (secondary N) is 1. The molecule has 3 rings (SSSR count). The molecule has 0 radical (unpaired) electrons. The topological polar surface area (TPSA) is 93.3 Å². The predicted octanol–water partition coefficient (Wildman–Crippen LogP) is 1.98. The number of thioether (sulfide) groups is 1. The largest absolute Gasteiger partial charge is 0.461 e. The van der Waals surface area contributed by atoms with E-state index in [1.54, 1.807) is 26.2 Å². The lowest BCUT2D eigenvalue weighted by atomic mass is 10.1. The van der Waals surface area contributed by atoms with Crippen LogP contribution in [0.4, 0.5) is 4.79 Å². The molecule has 128 valence electrons. The van der Waals surface area contributed by atoms with Gasteiger partial charge in [-0.2, -0.15) is 0 Å². The van der Waals surface area contributed by atoms with Gasteiger partial charge in [-0.25, -0.2) is 4.79 Å². The van der Waals surface area contributed by atoms with Crippen molar-refractivity contribution in [2.75, 3.05) is 12.3 Å². The first-order valence-corrected chi connectivity index (χ1v) is 8.66. The van der Waals surface area contributed by atoms with Crippen molar-refractivity contribution in [2.24, 2.45) is 0 Å². The van der Waals surface area contributed by atoms with Crippen molar-refractivity contribution in [2.45, 2.75) is 38.0 Å². The van der Waals surface area contributed by atoms with Gasteiger partial charge >= 0.3 is 6.03 Å². The molecule has 0 spiro atoms. The Bertz CT molecular complexity index is 753. The van der Waals surface area contributed by atoms with Crippen LogP contribution in [0.2, 0.25) is 0 Å². The quantitative estimate of drug-likeness (QED) is 0.633. The summed E-state index contributed by atoms with van der Waals surface area (Å²) >= 11 is 1.45. The molecule has 1 fully saturated rings. The van der Waals surface area contributed by atoms with Crippen LogP contribution in [0.5, 0.6) is 0 Å². The van der Waals surface area contributed by atoms with E-state index >= 15 is 0 Å². The van der Waals surface area contributed by atoms with Gasteiger partial charge in [0, 0.05) is 18.8 Å². The number of amides is 3. The number of hydrogen-bond acceptors (Lipinski definition) is 6. The summed E-state index contributed by atoms with van der Waals surface area (Å²) in [5.74, 6) is 1.67. The normalized spacial score (nSPS) is 16.7. The molecule has 0 unspecified atom stereocenters. The summed E-state index contributed by atoms with van der Waals surface area (Å²) < 4.78 is 7.32. The van der Waals surface area contributed by atoms with Crippen LogP contribution in [0.3, 0.4) is 0 Å². The van der Waals surface area contributed by atoms with Crippen LogP contribution in [0.25, 0.3) is 11.6 Å². The number of rotatable bonds is 6. The van der Waals surface area contributed by atoms with E-state index in [2.05, 4.69) is 15.5 Å². The summed E-state index contributed by atoms with van der Waals surface area (Å²) in [5.41, 5.74) is -0.836. The Morgan fingerprint density at radius 2 is 2.12 bits per heavy atom. The molecule has 8 nitrogen and oxygen atoms in total. The zero-order valence-corrected chi connectivity index (χ0v) is 14.6. The fourth-order valence-electron chi connectivity index (χ4n) is 2.52. The van der Waals surface area contributed by atoms with Crippen molar-refractivity contribution < 1.29 is 14.0 Å². The molecule has 2 aromatic heterocycles. The van der Waals surface area contributed by atoms with E-state index in [4.69, 9.17) is 4.42 Å². The number of imide groups is 1. The van der Waals surface area contributed by atoms with Gasteiger partial charge in [-0.1, -0.05) is 11.8 Å². The molecule has 3 heterocycles. The fourth-order valence-corrected chi connectivity index (χ4v) is 3.44. The molecule has 24 heavy (non-hydrogen) atoms. The standard InChI is InChI=1S/C15H19N5O3S/c1-4-19-11(10-6-5-8-23-10)17-18-14(19)24-9-7-20-12(21)15(2,3)16-13(20)22/h5-6,8H,4,7,9H2,1-3H3,(H,16,22). The number of furan rings is 1. The number of nitrogens with zero attached hydrogens (tertiary/aromatic N) is 4. The van der Waals surface area contributed by atoms with E-state index in [9.17, 15) is 9.59 Å². The second-order valence-electron chi connectivity index (χ2n) is 5.89. The minimum Gasteiger partial charge on any atom is -0.461 e. The van der Waals surface area contributed by atoms with Crippen LogP contribution in [-0.2, 0) is 11.3 Å². The summed E-state index contributed by atoms with van der Waals surface area (Å²) in [6, 6.07) is 3.29. The maximum absolute atomic E-state index is 12.2. The molecule has 0 bridgehead atoms. The van der Waals surface area contributed by atoms with Gasteiger partial charge in [-0.15, -0.1) is 10.2 Å². The Morgan fingerprint density at radius 1 is 1.33 bits per heavy atom. The van der Waals surface area contributed by atoms with Crippen LogP contribution < -0.4 is 5.32 Å². The summed E-state index contributed by atoms with van der Waals surface area (Å²) in [4.78, 5) is 25.3. The van der Waals surface area contributed by atoms with E-state index in [0.717, 1.165) is 5.16 Å². The fraction of sp³-hybridized carbons (Fsp3) is 0.467. The lowest BCUT2D eigenvalue weighted by Gasteiger charge is -2.15. The Morgan fingerprint density at radius 3 is 2.71 bits per heavy atom. The summed E-state index contributed by atoms with van der Waals surface area (Å²) in [5, 5.41) is 11.8. The molecule has 1 aliphatic heterocycles. The predicted molar refractivity (Wildman–Crippen MR) is 88.4 cm³/mol. The van der Waals surface area contributed by atoms with Gasteiger partial charge in [0.2, 0.25) is 0 Å². The van der Waals surface area contributed by atoms with Crippen LogP contribution in [-0.4, -0.2) is 49.4 Å². The zero-order chi connectivity index (χ0) is 17.3. The Hall–Kier alpha value is -2.29. The van der Waals surface area contributed by atoms with E-state index in [0.29, 0.717) is 30.4 Å². The molecule has 0 aliphatic carbocycles. The van der Waals surface area contributed by atoms with Crippen molar-refractivity contribution in [3.8, 4) is 11.6 Å². The van der Waals surface area contributed by atoms with Gasteiger partial charge < -0.3 is 9.73 Å². The number of carbonyl (C=O) groups is 2. The second kappa shape index (κ2) is 6.31. The number of aromatic nitrogens is 3. The van der Waals surface area contributed by atoms with Crippen LogP contribution >= 0.6 is 11.8 Å². The maximum Gasteiger partial charge on any atom is 0.325 e. The third kappa shape index (κ3) is 2.91. The average molecular weight is 349 g/mol.